The molecule has 0 saturated heterocycles. The normalized spacial score (nSPS) is 18.1. The molecule has 0 spiro atoms. The lowest BCUT2D eigenvalue weighted by Crippen LogP contribution is -2.13. The average molecular weight is 326 g/mol. The van der Waals surface area contributed by atoms with Crippen LogP contribution in [0, 0.1) is 0 Å². The van der Waals surface area contributed by atoms with Crippen molar-refractivity contribution >= 4 is 15.8 Å². The zero-order valence-electron chi connectivity index (χ0n) is 13.4. The van der Waals surface area contributed by atoms with Gasteiger partial charge in [-0.3, -0.25) is 0 Å². The molecule has 5 rings (SSSR count). The van der Waals surface area contributed by atoms with E-state index >= 15 is 0 Å². The number of benzene rings is 3. The lowest BCUT2D eigenvalue weighted by atomic mass is 10.1. The van der Waals surface area contributed by atoms with Crippen LogP contribution in [0.4, 0.5) is 0 Å². The summed E-state index contributed by atoms with van der Waals surface area (Å²) in [7, 11) is -0.750. The van der Waals surface area contributed by atoms with Gasteiger partial charge in [0.25, 0.3) is 0 Å². The fourth-order valence-electron chi connectivity index (χ4n) is 4.00. The van der Waals surface area contributed by atoms with E-state index in [0.717, 1.165) is 0 Å². The van der Waals surface area contributed by atoms with E-state index in [4.69, 9.17) is 4.43 Å². The van der Waals surface area contributed by atoms with E-state index in [1.54, 1.807) is 0 Å². The van der Waals surface area contributed by atoms with Gasteiger partial charge >= 0.3 is 0 Å². The van der Waals surface area contributed by atoms with Crippen molar-refractivity contribution in [2.75, 3.05) is 0 Å². The number of hydrogen-bond acceptors (Lipinski definition) is 1. The molecule has 0 aliphatic heterocycles. The molecule has 0 heterocycles. The minimum Gasteiger partial charge on any atom is -0.413 e. The van der Waals surface area contributed by atoms with Gasteiger partial charge in [-0.15, -0.1) is 0 Å². The summed E-state index contributed by atoms with van der Waals surface area (Å²) in [6.07, 6.45) is 4.52. The van der Waals surface area contributed by atoms with Crippen molar-refractivity contribution in [2.45, 2.75) is 11.6 Å². The molecule has 2 aliphatic rings. The second-order valence-electron chi connectivity index (χ2n) is 6.47. The monoisotopic (exact) mass is 326 g/mol. The summed E-state index contributed by atoms with van der Waals surface area (Å²) in [6, 6.07) is 26.1. The first-order chi connectivity index (χ1) is 11.9. The van der Waals surface area contributed by atoms with E-state index < -0.39 is 9.76 Å². The van der Waals surface area contributed by atoms with E-state index in [2.05, 4.69) is 84.9 Å². The average Bonchev–Trinajstić information content (AvgIpc) is 3.19. The molecule has 24 heavy (non-hydrogen) atoms. The van der Waals surface area contributed by atoms with Gasteiger partial charge in [0.15, 0.2) is 9.76 Å². The van der Waals surface area contributed by atoms with Crippen LogP contribution >= 0.6 is 0 Å². The van der Waals surface area contributed by atoms with Gasteiger partial charge in [0.1, 0.15) is 0 Å². The second kappa shape index (κ2) is 5.59. The summed E-state index contributed by atoms with van der Waals surface area (Å²) < 4.78 is 6.48. The van der Waals surface area contributed by atoms with Crippen molar-refractivity contribution in [3.05, 3.63) is 101 Å². The molecule has 0 saturated carbocycles. The van der Waals surface area contributed by atoms with Crippen molar-refractivity contribution in [1.82, 2.24) is 0 Å². The third-order valence-corrected chi connectivity index (χ3v) is 6.92. The van der Waals surface area contributed by atoms with E-state index in [-0.39, 0.29) is 6.10 Å². The van der Waals surface area contributed by atoms with Gasteiger partial charge in [-0.05, 0) is 33.4 Å². The molecule has 0 fully saturated rings. The van der Waals surface area contributed by atoms with E-state index in [1.165, 1.54) is 33.4 Å². The molecule has 1 atom stereocenters. The predicted molar refractivity (Wildman–Crippen MR) is 102 cm³/mol. The molecule has 0 N–H and O–H groups in total. The fraction of sp³-hybridized carbons (Fsp3) is 0.0909. The van der Waals surface area contributed by atoms with Gasteiger partial charge in [0.2, 0.25) is 0 Å². The topological polar surface area (TPSA) is 9.23 Å². The van der Waals surface area contributed by atoms with Crippen molar-refractivity contribution in [3.63, 3.8) is 0 Å². The number of fused-ring (bicyclic) bond motifs is 4. The Hall–Kier alpha value is -2.42. The molecule has 2 aliphatic carbocycles. The first kappa shape index (κ1) is 14.0. The fourth-order valence-corrected chi connectivity index (χ4v) is 5.76. The van der Waals surface area contributed by atoms with E-state index in [9.17, 15) is 0 Å². The van der Waals surface area contributed by atoms with Gasteiger partial charge in [-0.25, -0.2) is 0 Å². The quantitative estimate of drug-likeness (QED) is 0.638. The maximum Gasteiger partial charge on any atom is 0.174 e. The van der Waals surface area contributed by atoms with Gasteiger partial charge in [0, 0.05) is 5.54 Å². The van der Waals surface area contributed by atoms with Gasteiger partial charge in [-0.1, -0.05) is 84.9 Å². The summed E-state index contributed by atoms with van der Waals surface area (Å²) in [6.45, 7) is 0. The highest BCUT2D eigenvalue weighted by atomic mass is 28.2. The van der Waals surface area contributed by atoms with Crippen LogP contribution in [0.15, 0.2) is 78.9 Å². The molecular formula is C22H18OSi. The summed E-state index contributed by atoms with van der Waals surface area (Å²) in [4.78, 5) is 0. The highest BCUT2D eigenvalue weighted by molar-refractivity contribution is 6.33. The SMILES string of the molecule is C1=CC(O[SiH2]C2c3ccccc3-c3ccccc32)c2ccccc21. The Bertz CT molecular complexity index is 898. The van der Waals surface area contributed by atoms with Crippen LogP contribution in [0.3, 0.4) is 0 Å². The summed E-state index contributed by atoms with van der Waals surface area (Å²) in [5, 5.41) is 0. The summed E-state index contributed by atoms with van der Waals surface area (Å²) >= 11 is 0. The zero-order chi connectivity index (χ0) is 15.9. The maximum atomic E-state index is 6.48. The standard InChI is InChI=1S/C22H18OSi/c1-2-8-16-15(7-1)13-14-21(16)23-24-22-19-11-5-3-9-17(19)18-10-4-6-12-20(18)22/h1-14,21-22H,24H2. The Morgan fingerprint density at radius 2 is 1.25 bits per heavy atom. The molecule has 3 aromatic rings. The highest BCUT2D eigenvalue weighted by Gasteiger charge is 2.29. The van der Waals surface area contributed by atoms with Crippen molar-refractivity contribution in [1.29, 1.82) is 0 Å². The molecule has 0 radical (unpaired) electrons. The van der Waals surface area contributed by atoms with Crippen molar-refractivity contribution in [2.24, 2.45) is 0 Å². The van der Waals surface area contributed by atoms with Crippen LogP contribution in [0.1, 0.15) is 33.9 Å². The summed E-state index contributed by atoms with van der Waals surface area (Å²) in [5.74, 6) is 0. The highest BCUT2D eigenvalue weighted by Crippen LogP contribution is 2.44. The molecule has 1 unspecified atom stereocenters. The van der Waals surface area contributed by atoms with Crippen LogP contribution in [0.2, 0.25) is 0 Å². The van der Waals surface area contributed by atoms with Gasteiger partial charge in [0.05, 0.1) is 6.10 Å². The van der Waals surface area contributed by atoms with Crippen LogP contribution < -0.4 is 0 Å². The predicted octanol–water partition coefficient (Wildman–Crippen LogP) is 4.62. The molecule has 1 nitrogen and oxygen atoms in total. The van der Waals surface area contributed by atoms with Gasteiger partial charge in [-0.2, -0.15) is 0 Å². The third-order valence-electron chi connectivity index (χ3n) is 5.16. The molecule has 0 amide bonds. The van der Waals surface area contributed by atoms with Crippen LogP contribution in [0.5, 0.6) is 0 Å². The minimum absolute atomic E-state index is 0.132. The molecule has 0 bridgehead atoms. The summed E-state index contributed by atoms with van der Waals surface area (Å²) in [5.41, 5.74) is 8.72. The van der Waals surface area contributed by atoms with Crippen LogP contribution in [-0.2, 0) is 4.43 Å². The molecule has 116 valence electrons. The smallest absolute Gasteiger partial charge is 0.174 e. The zero-order valence-corrected chi connectivity index (χ0v) is 14.8. The number of hydrogen-bond donors (Lipinski definition) is 0. The first-order valence-electron chi connectivity index (χ1n) is 8.49. The molecular weight excluding hydrogens is 308 g/mol. The second-order valence-corrected chi connectivity index (χ2v) is 7.95. The lowest BCUT2D eigenvalue weighted by molar-refractivity contribution is 0.270. The molecule has 3 aromatic carbocycles. The Morgan fingerprint density at radius 1 is 0.667 bits per heavy atom. The Labute approximate surface area is 144 Å². The van der Waals surface area contributed by atoms with Gasteiger partial charge < -0.3 is 4.43 Å². The first-order valence-corrected chi connectivity index (χ1v) is 9.88. The van der Waals surface area contributed by atoms with E-state index in [1.807, 2.05) is 0 Å². The minimum atomic E-state index is -0.750. The molecule has 0 aromatic heterocycles. The molecule has 2 heteroatoms. The number of rotatable bonds is 3. The maximum absolute atomic E-state index is 6.48. The third kappa shape index (κ3) is 2.11. The largest absolute Gasteiger partial charge is 0.413 e. The van der Waals surface area contributed by atoms with Crippen LogP contribution in [0.25, 0.3) is 17.2 Å². The van der Waals surface area contributed by atoms with Crippen molar-refractivity contribution < 1.29 is 4.43 Å². The Kier molecular flexibility index (Phi) is 3.25. The Morgan fingerprint density at radius 3 is 1.96 bits per heavy atom. The van der Waals surface area contributed by atoms with E-state index in [0.29, 0.717) is 5.54 Å². The lowest BCUT2D eigenvalue weighted by Gasteiger charge is -2.18. The Balaban J connectivity index is 1.45. The van der Waals surface area contributed by atoms with Crippen molar-refractivity contribution in [3.8, 4) is 11.1 Å². The van der Waals surface area contributed by atoms with Crippen LogP contribution in [-0.4, -0.2) is 9.76 Å².